The van der Waals surface area contributed by atoms with E-state index in [1.807, 2.05) is 0 Å². The molecule has 0 radical (unpaired) electrons. The minimum atomic E-state index is -4.85. The molecule has 34 heavy (non-hydrogen) atoms. The first-order valence-corrected chi connectivity index (χ1v) is 11.4. The molecule has 3 amide bonds. The Morgan fingerprint density at radius 2 is 1.65 bits per heavy atom. The van der Waals surface area contributed by atoms with Gasteiger partial charge in [-0.25, -0.2) is 9.59 Å². The van der Waals surface area contributed by atoms with Crippen molar-refractivity contribution in [1.29, 1.82) is 0 Å². The van der Waals surface area contributed by atoms with Gasteiger partial charge in [0.05, 0.1) is 0 Å². The van der Waals surface area contributed by atoms with Crippen LogP contribution in [0.5, 0.6) is 5.75 Å². The predicted molar refractivity (Wildman–Crippen MR) is 119 cm³/mol. The quantitative estimate of drug-likeness (QED) is 0.470. The third-order valence-corrected chi connectivity index (χ3v) is 7.03. The zero-order valence-corrected chi connectivity index (χ0v) is 19.1. The van der Waals surface area contributed by atoms with Gasteiger partial charge in [-0.15, -0.1) is 17.7 Å². The number of urea groups is 1. The molecule has 4 rings (SSSR count). The van der Waals surface area contributed by atoms with E-state index in [0.717, 1.165) is 44.2 Å². The van der Waals surface area contributed by atoms with Gasteiger partial charge in [0.15, 0.2) is 5.69 Å². The number of carbonyl (C=O) groups excluding carboxylic acids is 2. The lowest BCUT2D eigenvalue weighted by molar-refractivity contribution is -0.274. The van der Waals surface area contributed by atoms with Crippen LogP contribution in [0.25, 0.3) is 0 Å². The van der Waals surface area contributed by atoms with Crippen LogP contribution in [0.4, 0.5) is 23.7 Å². The molecule has 0 spiro atoms. The summed E-state index contributed by atoms with van der Waals surface area (Å²) in [6, 6.07) is 7.28. The summed E-state index contributed by atoms with van der Waals surface area (Å²) in [5, 5.41) is 6.14. The molecule has 7 nitrogen and oxygen atoms in total. The lowest BCUT2D eigenvalue weighted by Gasteiger charge is -2.50. The topological polar surface area (TPSA) is 80.3 Å². The molecule has 1 saturated carbocycles. The maximum absolute atomic E-state index is 14.0. The van der Waals surface area contributed by atoms with Crippen LogP contribution in [-0.2, 0) is 10.5 Å². The molecule has 10 heteroatoms. The van der Waals surface area contributed by atoms with Gasteiger partial charge >= 0.3 is 18.3 Å². The Morgan fingerprint density at radius 3 is 2.15 bits per heavy atom. The molecule has 1 saturated heterocycles. The third kappa shape index (κ3) is 3.74. The van der Waals surface area contributed by atoms with E-state index in [4.69, 9.17) is 0 Å². The molecule has 3 unspecified atom stereocenters. The fraction of sp³-hybridized carbons (Fsp3) is 0.458. The van der Waals surface area contributed by atoms with Crippen molar-refractivity contribution in [3.8, 4) is 5.75 Å². The van der Waals surface area contributed by atoms with Gasteiger partial charge in [0, 0.05) is 36.0 Å². The third-order valence-electron chi connectivity index (χ3n) is 7.03. The molecular formula is C24H28F3N4O3+. The molecule has 2 fully saturated rings. The van der Waals surface area contributed by atoms with E-state index in [2.05, 4.69) is 20.4 Å². The van der Waals surface area contributed by atoms with Crippen molar-refractivity contribution in [2.24, 2.45) is 5.92 Å². The average molecular weight is 478 g/mol. The normalized spacial score (nSPS) is 25.6. The van der Waals surface area contributed by atoms with Crippen LogP contribution in [-0.4, -0.2) is 36.4 Å². The van der Waals surface area contributed by atoms with Crippen LogP contribution in [0.15, 0.2) is 48.8 Å². The summed E-state index contributed by atoms with van der Waals surface area (Å²) in [5.74, 6) is -0.905. The largest absolute Gasteiger partial charge is 0.573 e. The number of aromatic nitrogens is 1. The fourth-order valence-electron chi connectivity index (χ4n) is 5.73. The monoisotopic (exact) mass is 477 g/mol. The number of ether oxygens (including phenoxy) is 1. The maximum atomic E-state index is 14.0. The zero-order valence-electron chi connectivity index (χ0n) is 19.1. The molecule has 2 N–H and O–H groups in total. The van der Waals surface area contributed by atoms with E-state index in [9.17, 15) is 22.8 Å². The Balaban J connectivity index is 1.98. The van der Waals surface area contributed by atoms with E-state index in [0.29, 0.717) is 5.56 Å². The van der Waals surface area contributed by atoms with Crippen LogP contribution in [0.3, 0.4) is 0 Å². The summed E-state index contributed by atoms with van der Waals surface area (Å²) in [6.07, 6.45) is 2.90. The summed E-state index contributed by atoms with van der Waals surface area (Å²) < 4.78 is 41.5. The number of rotatable bonds is 6. The van der Waals surface area contributed by atoms with Gasteiger partial charge in [-0.1, -0.05) is 19.3 Å². The van der Waals surface area contributed by atoms with Gasteiger partial charge in [-0.2, -0.15) is 0 Å². The zero-order chi connectivity index (χ0) is 24.6. The second-order valence-electron chi connectivity index (χ2n) is 8.81. The number of hydrogen-bond acceptors (Lipinski definition) is 5. The first-order chi connectivity index (χ1) is 16.2. The summed E-state index contributed by atoms with van der Waals surface area (Å²) in [5.41, 5.74) is -0.218. The minimum Gasteiger partial charge on any atom is -0.406 e. The van der Waals surface area contributed by atoms with Gasteiger partial charge in [-0.3, -0.25) is 15.6 Å². The van der Waals surface area contributed by atoms with Gasteiger partial charge in [0.2, 0.25) is 5.66 Å². The summed E-state index contributed by atoms with van der Waals surface area (Å²) >= 11 is 0. The molecular weight excluding hydrogens is 449 g/mol. The average Bonchev–Trinajstić information content (AvgIpc) is 3.05. The Hall–Kier alpha value is -2.98. The van der Waals surface area contributed by atoms with Crippen molar-refractivity contribution in [2.75, 3.05) is 7.05 Å². The van der Waals surface area contributed by atoms with Crippen LogP contribution in [0.1, 0.15) is 44.6 Å². The number of nitrogens with zero attached hydrogens (tertiary/aromatic N) is 2. The molecule has 1 aliphatic carbocycles. The fourth-order valence-corrected chi connectivity index (χ4v) is 5.73. The highest BCUT2D eigenvalue weighted by molar-refractivity contribution is 6.16. The second-order valence-corrected chi connectivity index (χ2v) is 8.81. The SMILES string of the molecule is CNC(c1ccncc1)(C1CCCCC1)[N+]1(c2ccc(OC(F)(F)F)cc2)C(=O)NC(C)C1=O. The van der Waals surface area contributed by atoms with Crippen molar-refractivity contribution in [2.45, 2.75) is 57.1 Å². The van der Waals surface area contributed by atoms with Crippen molar-refractivity contribution in [1.82, 2.24) is 20.1 Å². The molecule has 1 aromatic carbocycles. The number of alkyl halides is 3. The smallest absolute Gasteiger partial charge is 0.406 e. The predicted octanol–water partition coefficient (Wildman–Crippen LogP) is 4.58. The Bertz CT molecular complexity index is 1040. The van der Waals surface area contributed by atoms with Crippen LogP contribution < -0.4 is 19.9 Å². The Labute approximate surface area is 195 Å². The number of imide groups is 1. The Kier molecular flexibility index (Phi) is 6.39. The molecule has 0 bridgehead atoms. The molecule has 2 aliphatic rings. The summed E-state index contributed by atoms with van der Waals surface area (Å²) in [4.78, 5) is 31.9. The number of quaternary nitrogens is 1. The summed E-state index contributed by atoms with van der Waals surface area (Å²) in [7, 11) is 1.72. The number of halogens is 3. The highest BCUT2D eigenvalue weighted by atomic mass is 19.4. The summed E-state index contributed by atoms with van der Waals surface area (Å²) in [6.45, 7) is 1.62. The molecule has 2 aromatic rings. The maximum Gasteiger partial charge on any atom is 0.573 e. The number of pyridine rings is 1. The highest BCUT2D eigenvalue weighted by Gasteiger charge is 2.70. The van der Waals surface area contributed by atoms with Gasteiger partial charge < -0.3 is 4.74 Å². The number of nitrogens with one attached hydrogen (secondary N) is 2. The highest BCUT2D eigenvalue weighted by Crippen LogP contribution is 2.50. The minimum absolute atomic E-state index is 0.0975. The lowest BCUT2D eigenvalue weighted by Crippen LogP contribution is -2.75. The van der Waals surface area contributed by atoms with E-state index in [1.54, 1.807) is 38.5 Å². The molecule has 1 aromatic heterocycles. The number of benzene rings is 1. The van der Waals surface area contributed by atoms with Crippen molar-refractivity contribution >= 4 is 17.6 Å². The van der Waals surface area contributed by atoms with E-state index in [1.165, 1.54) is 12.1 Å². The Morgan fingerprint density at radius 1 is 1.03 bits per heavy atom. The standard InChI is InChI=1S/C24H27F3N4O3/c1-16-21(32)31(22(33)30-16,19-8-10-20(11-9-19)34-24(25,26)27)23(28-2,17-6-4-3-5-7-17)18-12-14-29-15-13-18/h8-17,28H,3-7H2,1-2H3/p+1. The van der Waals surface area contributed by atoms with Crippen LogP contribution in [0.2, 0.25) is 0 Å². The van der Waals surface area contributed by atoms with Crippen LogP contribution in [0, 0.1) is 5.92 Å². The van der Waals surface area contributed by atoms with Crippen molar-refractivity contribution in [3.05, 3.63) is 54.4 Å². The lowest BCUT2D eigenvalue weighted by atomic mass is 9.73. The van der Waals surface area contributed by atoms with Crippen LogP contribution >= 0.6 is 0 Å². The molecule has 3 atom stereocenters. The van der Waals surface area contributed by atoms with Crippen molar-refractivity contribution < 1.29 is 27.5 Å². The molecule has 182 valence electrons. The molecule has 1 aliphatic heterocycles. The van der Waals surface area contributed by atoms with Gasteiger partial charge in [-0.05, 0) is 51.1 Å². The van der Waals surface area contributed by atoms with Gasteiger partial charge in [0.25, 0.3) is 0 Å². The number of amides is 3. The second kappa shape index (κ2) is 8.99. The number of carbonyl (C=O) groups is 2. The first-order valence-electron chi connectivity index (χ1n) is 11.4. The van der Waals surface area contributed by atoms with Crippen molar-refractivity contribution in [3.63, 3.8) is 0 Å². The van der Waals surface area contributed by atoms with E-state index < -0.39 is 34.3 Å². The van der Waals surface area contributed by atoms with E-state index >= 15 is 0 Å². The van der Waals surface area contributed by atoms with E-state index in [-0.39, 0.29) is 17.5 Å². The number of hydrogen-bond donors (Lipinski definition) is 2. The van der Waals surface area contributed by atoms with Gasteiger partial charge in [0.1, 0.15) is 11.8 Å². The molecule has 2 heterocycles. The first kappa shape index (κ1) is 24.2.